The van der Waals surface area contributed by atoms with Crippen molar-refractivity contribution in [1.29, 1.82) is 0 Å². The highest BCUT2D eigenvalue weighted by Gasteiger charge is 2.33. The van der Waals surface area contributed by atoms with Crippen LogP contribution in [0.3, 0.4) is 0 Å². The smallest absolute Gasteiger partial charge is 0.386 e. The van der Waals surface area contributed by atoms with Crippen molar-refractivity contribution < 1.29 is 22.7 Å². The molecule has 0 aliphatic carbocycles. The molecule has 4 nitrogen and oxygen atoms in total. The highest BCUT2D eigenvalue weighted by Crippen LogP contribution is 2.32. The summed E-state index contributed by atoms with van der Waals surface area (Å²) >= 11 is 0. The predicted molar refractivity (Wildman–Crippen MR) is 68.5 cm³/mol. The lowest BCUT2D eigenvalue weighted by Gasteiger charge is -2.27. The van der Waals surface area contributed by atoms with E-state index in [0.717, 1.165) is 11.1 Å². The first-order valence-electron chi connectivity index (χ1n) is 5.97. The van der Waals surface area contributed by atoms with Crippen molar-refractivity contribution in [2.24, 2.45) is 5.29 Å². The van der Waals surface area contributed by atoms with E-state index >= 15 is 0 Å². The maximum absolute atomic E-state index is 13.3. The fourth-order valence-corrected chi connectivity index (χ4v) is 1.79. The summed E-state index contributed by atoms with van der Waals surface area (Å²) in [5.74, 6) is -1.12. The average Bonchev–Trinajstić information content (AvgIpc) is 2.41. The van der Waals surface area contributed by atoms with Crippen LogP contribution in [-0.4, -0.2) is 22.7 Å². The number of nitroso groups, excluding NO2 is 1. The molecule has 2 atom stereocenters. The minimum Gasteiger partial charge on any atom is -0.386 e. The molecular weight excluding hydrogens is 292 g/mol. The maximum Gasteiger partial charge on any atom is 0.416 e. The Kier molecular flexibility index (Phi) is 5.42. The van der Waals surface area contributed by atoms with Gasteiger partial charge in [0.2, 0.25) is 0 Å². The zero-order valence-corrected chi connectivity index (χ0v) is 11.1. The first-order valence-corrected chi connectivity index (χ1v) is 5.97. The Balaban J connectivity index is 3.11. The summed E-state index contributed by atoms with van der Waals surface area (Å²) in [4.78, 5) is 10.6. The molecule has 0 aromatic heterocycles. The Hall–Kier alpha value is -1.96. The number of hydrogen-bond acceptors (Lipinski definition) is 3. The van der Waals surface area contributed by atoms with Gasteiger partial charge in [0.25, 0.3) is 0 Å². The number of halogens is 4. The van der Waals surface area contributed by atoms with Gasteiger partial charge in [-0.25, -0.2) is 4.39 Å². The third kappa shape index (κ3) is 4.25. The molecule has 1 aromatic carbocycles. The third-order valence-corrected chi connectivity index (χ3v) is 2.94. The fraction of sp³-hybridized carbons (Fsp3) is 0.385. The van der Waals surface area contributed by atoms with Gasteiger partial charge in [0.15, 0.2) is 0 Å². The zero-order chi connectivity index (χ0) is 16.2. The number of nitrogens with zero attached hydrogens (tertiary/aromatic N) is 2. The van der Waals surface area contributed by atoms with Crippen molar-refractivity contribution in [3.8, 4) is 0 Å². The molecule has 1 N–H and O–H groups in total. The number of rotatable bonds is 6. The van der Waals surface area contributed by atoms with E-state index in [-0.39, 0.29) is 12.1 Å². The molecule has 0 amide bonds. The van der Waals surface area contributed by atoms with E-state index in [1.54, 1.807) is 0 Å². The third-order valence-electron chi connectivity index (χ3n) is 2.94. The van der Waals surface area contributed by atoms with Crippen molar-refractivity contribution in [1.82, 2.24) is 5.01 Å². The van der Waals surface area contributed by atoms with Crippen molar-refractivity contribution in [3.63, 3.8) is 0 Å². The van der Waals surface area contributed by atoms with Gasteiger partial charge >= 0.3 is 6.18 Å². The van der Waals surface area contributed by atoms with Crippen molar-refractivity contribution in [2.45, 2.75) is 25.2 Å². The Morgan fingerprint density at radius 1 is 1.43 bits per heavy atom. The lowest BCUT2D eigenvalue weighted by atomic mass is 10.0. The monoisotopic (exact) mass is 306 g/mol. The van der Waals surface area contributed by atoms with Crippen LogP contribution in [0, 0.1) is 10.7 Å². The van der Waals surface area contributed by atoms with E-state index < -0.39 is 29.7 Å². The average molecular weight is 306 g/mol. The molecule has 0 fully saturated rings. The lowest BCUT2D eigenvalue weighted by molar-refractivity contribution is -0.137. The first-order chi connectivity index (χ1) is 9.70. The van der Waals surface area contributed by atoms with Crippen molar-refractivity contribution in [2.75, 3.05) is 6.54 Å². The van der Waals surface area contributed by atoms with Crippen molar-refractivity contribution >= 4 is 0 Å². The van der Waals surface area contributed by atoms with Gasteiger partial charge in [0.1, 0.15) is 11.9 Å². The van der Waals surface area contributed by atoms with Crippen LogP contribution in [0.1, 0.15) is 24.2 Å². The van der Waals surface area contributed by atoms with E-state index in [2.05, 4.69) is 11.9 Å². The molecule has 0 aliphatic rings. The molecule has 0 heterocycles. The molecule has 21 heavy (non-hydrogen) atoms. The molecule has 0 saturated heterocycles. The quantitative estimate of drug-likeness (QED) is 0.379. The van der Waals surface area contributed by atoms with Gasteiger partial charge in [0.05, 0.1) is 23.4 Å². The Morgan fingerprint density at radius 3 is 2.52 bits per heavy atom. The summed E-state index contributed by atoms with van der Waals surface area (Å²) in [6.07, 6.45) is -4.90. The molecule has 1 rings (SSSR count). The lowest BCUT2D eigenvalue weighted by Crippen LogP contribution is -2.33. The van der Waals surface area contributed by atoms with Gasteiger partial charge in [-0.2, -0.15) is 13.2 Å². The topological polar surface area (TPSA) is 52.9 Å². The zero-order valence-electron chi connectivity index (χ0n) is 11.1. The van der Waals surface area contributed by atoms with Gasteiger partial charge in [0, 0.05) is 0 Å². The molecule has 0 spiro atoms. The van der Waals surface area contributed by atoms with Crippen LogP contribution in [0.15, 0.2) is 36.1 Å². The Bertz CT molecular complexity index is 519. The summed E-state index contributed by atoms with van der Waals surface area (Å²) in [7, 11) is 0. The fourth-order valence-electron chi connectivity index (χ4n) is 1.79. The number of benzene rings is 1. The van der Waals surface area contributed by atoms with Crippen LogP contribution >= 0.6 is 0 Å². The van der Waals surface area contributed by atoms with Crippen LogP contribution in [0.2, 0.25) is 0 Å². The van der Waals surface area contributed by atoms with Crippen LogP contribution in [-0.2, 0) is 6.18 Å². The van der Waals surface area contributed by atoms with E-state index in [4.69, 9.17) is 0 Å². The summed E-state index contributed by atoms with van der Waals surface area (Å²) < 4.78 is 51.1. The maximum atomic E-state index is 13.3. The second kappa shape index (κ2) is 6.66. The number of aliphatic hydroxyl groups excluding tert-OH is 1. The standard InChI is InChI=1S/C13H14F4N2O2/c1-3-4-19(18-21)8(2)12(20)9-5-10(13(15,16)17)7-11(14)6-9/h3,5-8,12,20H,1,4H2,2H3. The Labute approximate surface area is 118 Å². The number of aliphatic hydroxyl groups is 1. The highest BCUT2D eigenvalue weighted by atomic mass is 19.4. The normalized spacial score (nSPS) is 14.4. The minimum atomic E-state index is -4.73. The highest BCUT2D eigenvalue weighted by molar-refractivity contribution is 5.29. The number of hydrogen-bond donors (Lipinski definition) is 1. The Morgan fingerprint density at radius 2 is 2.05 bits per heavy atom. The van der Waals surface area contributed by atoms with Crippen LogP contribution in [0.4, 0.5) is 17.6 Å². The molecule has 0 aliphatic heterocycles. The molecular formula is C13H14F4N2O2. The van der Waals surface area contributed by atoms with Crippen LogP contribution < -0.4 is 0 Å². The molecule has 8 heteroatoms. The second-order valence-electron chi connectivity index (χ2n) is 4.45. The second-order valence-corrected chi connectivity index (χ2v) is 4.45. The van der Waals surface area contributed by atoms with Gasteiger partial charge in [-0.3, -0.25) is 5.01 Å². The van der Waals surface area contributed by atoms with Gasteiger partial charge in [-0.15, -0.1) is 11.5 Å². The van der Waals surface area contributed by atoms with Crippen molar-refractivity contribution in [3.05, 3.63) is 52.7 Å². The summed E-state index contributed by atoms with van der Waals surface area (Å²) in [6.45, 7) is 4.78. The molecule has 0 radical (unpaired) electrons. The van der Waals surface area contributed by atoms with Gasteiger partial charge in [-0.1, -0.05) is 6.08 Å². The molecule has 1 aromatic rings. The summed E-state index contributed by atoms with van der Waals surface area (Å²) in [6, 6.07) is 0.817. The van der Waals surface area contributed by atoms with E-state index in [1.807, 2.05) is 0 Å². The van der Waals surface area contributed by atoms with E-state index in [9.17, 15) is 27.6 Å². The predicted octanol–water partition coefficient (Wildman–Crippen LogP) is 3.44. The van der Waals surface area contributed by atoms with Crippen LogP contribution in [0.5, 0.6) is 0 Å². The van der Waals surface area contributed by atoms with Gasteiger partial charge in [-0.05, 0) is 30.7 Å². The van der Waals surface area contributed by atoms with E-state index in [0.29, 0.717) is 12.1 Å². The SMILES string of the molecule is C=CCN(N=O)C(C)C(O)c1cc(F)cc(C(F)(F)F)c1. The molecule has 0 saturated carbocycles. The van der Waals surface area contributed by atoms with Crippen LogP contribution in [0.25, 0.3) is 0 Å². The minimum absolute atomic E-state index is 0.00315. The summed E-state index contributed by atoms with van der Waals surface area (Å²) in [5, 5.41) is 13.6. The largest absolute Gasteiger partial charge is 0.416 e. The first kappa shape index (κ1) is 17.1. The molecule has 2 unspecified atom stereocenters. The molecule has 0 bridgehead atoms. The summed E-state index contributed by atoms with van der Waals surface area (Å²) in [5.41, 5.74) is -1.49. The molecule has 116 valence electrons. The van der Waals surface area contributed by atoms with Gasteiger partial charge < -0.3 is 5.11 Å². The van der Waals surface area contributed by atoms with E-state index in [1.165, 1.54) is 13.0 Å². The number of alkyl halides is 3.